The van der Waals surface area contributed by atoms with Gasteiger partial charge in [-0.05, 0) is 38.6 Å². The SMILES string of the molecule is CC(C)n1cc(NC(=O)CCC(C)(C)CCN)cn1. The van der Waals surface area contributed by atoms with E-state index in [1.807, 2.05) is 24.7 Å². The predicted molar refractivity (Wildman–Crippen MR) is 77.9 cm³/mol. The molecule has 0 bridgehead atoms. The van der Waals surface area contributed by atoms with Crippen LogP contribution >= 0.6 is 0 Å². The molecule has 1 amide bonds. The molecule has 0 saturated heterocycles. The van der Waals surface area contributed by atoms with E-state index in [-0.39, 0.29) is 11.3 Å². The highest BCUT2D eigenvalue weighted by Crippen LogP contribution is 2.26. The molecule has 0 fully saturated rings. The second-order valence-corrected chi connectivity index (χ2v) is 6.05. The number of nitrogens with two attached hydrogens (primary N) is 1. The van der Waals surface area contributed by atoms with Crippen LogP contribution in [0.15, 0.2) is 12.4 Å². The minimum Gasteiger partial charge on any atom is -0.330 e. The van der Waals surface area contributed by atoms with Crippen LogP contribution in [-0.4, -0.2) is 22.2 Å². The topological polar surface area (TPSA) is 72.9 Å². The molecule has 0 aliphatic heterocycles. The molecule has 5 heteroatoms. The summed E-state index contributed by atoms with van der Waals surface area (Å²) < 4.78 is 1.83. The van der Waals surface area contributed by atoms with Crippen molar-refractivity contribution in [2.45, 2.75) is 53.0 Å². The monoisotopic (exact) mass is 266 g/mol. The molecule has 0 aromatic carbocycles. The van der Waals surface area contributed by atoms with Gasteiger partial charge >= 0.3 is 0 Å². The Balaban J connectivity index is 2.42. The van der Waals surface area contributed by atoms with Crippen molar-refractivity contribution in [1.29, 1.82) is 0 Å². The average Bonchev–Trinajstić information content (AvgIpc) is 2.75. The van der Waals surface area contributed by atoms with Gasteiger partial charge in [-0.15, -0.1) is 0 Å². The summed E-state index contributed by atoms with van der Waals surface area (Å²) in [5, 5.41) is 7.07. The molecule has 19 heavy (non-hydrogen) atoms. The standard InChI is InChI=1S/C14H26N4O/c1-11(2)18-10-12(9-16-18)17-13(19)5-6-14(3,4)7-8-15/h9-11H,5-8,15H2,1-4H3,(H,17,19). The highest BCUT2D eigenvalue weighted by Gasteiger charge is 2.18. The van der Waals surface area contributed by atoms with Crippen LogP contribution in [0.25, 0.3) is 0 Å². The first-order valence-corrected chi connectivity index (χ1v) is 6.88. The first-order chi connectivity index (χ1) is 8.84. The summed E-state index contributed by atoms with van der Waals surface area (Å²) in [6.45, 7) is 9.05. The van der Waals surface area contributed by atoms with Gasteiger partial charge in [-0.1, -0.05) is 13.8 Å². The molecule has 3 N–H and O–H groups in total. The van der Waals surface area contributed by atoms with Crippen molar-refractivity contribution < 1.29 is 4.79 Å². The van der Waals surface area contributed by atoms with Crippen LogP contribution in [-0.2, 0) is 4.79 Å². The largest absolute Gasteiger partial charge is 0.330 e. The second kappa shape index (κ2) is 6.70. The van der Waals surface area contributed by atoms with Crippen LogP contribution in [0.3, 0.4) is 0 Å². The molecular formula is C14H26N4O. The normalized spacial score (nSPS) is 11.9. The average molecular weight is 266 g/mol. The quantitative estimate of drug-likeness (QED) is 0.796. The van der Waals surface area contributed by atoms with E-state index >= 15 is 0 Å². The third kappa shape index (κ3) is 5.42. The van der Waals surface area contributed by atoms with Crippen LogP contribution in [0, 0.1) is 5.41 Å². The number of carbonyl (C=O) groups is 1. The Kier molecular flexibility index (Phi) is 5.54. The van der Waals surface area contributed by atoms with E-state index in [9.17, 15) is 4.79 Å². The maximum atomic E-state index is 11.9. The van der Waals surface area contributed by atoms with E-state index in [4.69, 9.17) is 5.73 Å². The van der Waals surface area contributed by atoms with Gasteiger partial charge in [-0.3, -0.25) is 9.48 Å². The molecule has 1 heterocycles. The van der Waals surface area contributed by atoms with E-state index in [2.05, 4.69) is 24.3 Å². The van der Waals surface area contributed by atoms with Gasteiger partial charge in [0.2, 0.25) is 5.91 Å². The van der Waals surface area contributed by atoms with Crippen LogP contribution in [0.5, 0.6) is 0 Å². The van der Waals surface area contributed by atoms with Crippen molar-refractivity contribution in [3.05, 3.63) is 12.4 Å². The zero-order chi connectivity index (χ0) is 14.5. The number of nitrogens with one attached hydrogen (secondary N) is 1. The molecule has 0 aliphatic carbocycles. The molecule has 1 aromatic rings. The Bertz CT molecular complexity index is 409. The van der Waals surface area contributed by atoms with Crippen LogP contribution in [0.4, 0.5) is 5.69 Å². The highest BCUT2D eigenvalue weighted by atomic mass is 16.1. The van der Waals surface area contributed by atoms with Crippen molar-refractivity contribution in [2.75, 3.05) is 11.9 Å². The lowest BCUT2D eigenvalue weighted by molar-refractivity contribution is -0.116. The predicted octanol–water partition coefficient (Wildman–Crippen LogP) is 2.56. The van der Waals surface area contributed by atoms with Crippen molar-refractivity contribution in [2.24, 2.45) is 11.1 Å². The first kappa shape index (κ1) is 15.7. The Labute approximate surface area is 115 Å². The van der Waals surface area contributed by atoms with E-state index < -0.39 is 0 Å². The van der Waals surface area contributed by atoms with Crippen LogP contribution < -0.4 is 11.1 Å². The number of nitrogens with zero attached hydrogens (tertiary/aromatic N) is 2. The lowest BCUT2D eigenvalue weighted by atomic mass is 9.84. The number of anilines is 1. The van der Waals surface area contributed by atoms with Crippen LogP contribution in [0.2, 0.25) is 0 Å². The lowest BCUT2D eigenvalue weighted by Crippen LogP contribution is -2.20. The Morgan fingerprint density at radius 3 is 2.68 bits per heavy atom. The molecule has 5 nitrogen and oxygen atoms in total. The van der Waals surface area contributed by atoms with Gasteiger partial charge < -0.3 is 11.1 Å². The van der Waals surface area contributed by atoms with Crippen molar-refractivity contribution >= 4 is 11.6 Å². The molecule has 1 rings (SSSR count). The minimum atomic E-state index is 0.0356. The summed E-state index contributed by atoms with van der Waals surface area (Å²) in [4.78, 5) is 11.9. The molecule has 0 radical (unpaired) electrons. The Morgan fingerprint density at radius 2 is 2.16 bits per heavy atom. The zero-order valence-electron chi connectivity index (χ0n) is 12.4. The van der Waals surface area contributed by atoms with E-state index in [1.165, 1.54) is 0 Å². The maximum absolute atomic E-state index is 11.9. The summed E-state index contributed by atoms with van der Waals surface area (Å²) in [7, 11) is 0. The van der Waals surface area contributed by atoms with Gasteiger partial charge in [0.15, 0.2) is 0 Å². The third-order valence-electron chi connectivity index (χ3n) is 3.26. The maximum Gasteiger partial charge on any atom is 0.224 e. The highest BCUT2D eigenvalue weighted by molar-refractivity contribution is 5.90. The summed E-state index contributed by atoms with van der Waals surface area (Å²) in [5.74, 6) is 0.0356. The summed E-state index contributed by atoms with van der Waals surface area (Å²) >= 11 is 0. The number of amides is 1. The molecule has 0 unspecified atom stereocenters. The third-order valence-corrected chi connectivity index (χ3v) is 3.26. The van der Waals surface area contributed by atoms with Gasteiger partial charge in [0.1, 0.15) is 0 Å². The van der Waals surface area contributed by atoms with Gasteiger partial charge in [0, 0.05) is 18.7 Å². The molecule has 0 atom stereocenters. The zero-order valence-corrected chi connectivity index (χ0v) is 12.4. The number of aromatic nitrogens is 2. The van der Waals surface area contributed by atoms with Crippen molar-refractivity contribution in [3.63, 3.8) is 0 Å². The molecule has 0 spiro atoms. The Hall–Kier alpha value is -1.36. The van der Waals surface area contributed by atoms with Crippen molar-refractivity contribution in [1.82, 2.24) is 9.78 Å². The van der Waals surface area contributed by atoms with Gasteiger partial charge in [-0.25, -0.2) is 0 Å². The van der Waals surface area contributed by atoms with Crippen LogP contribution in [0.1, 0.15) is 53.0 Å². The van der Waals surface area contributed by atoms with Crippen molar-refractivity contribution in [3.8, 4) is 0 Å². The second-order valence-electron chi connectivity index (χ2n) is 6.05. The summed E-state index contributed by atoms with van der Waals surface area (Å²) in [6, 6.07) is 0.300. The fraction of sp³-hybridized carbons (Fsp3) is 0.714. The van der Waals surface area contributed by atoms with E-state index in [0.717, 1.165) is 18.5 Å². The first-order valence-electron chi connectivity index (χ1n) is 6.88. The lowest BCUT2D eigenvalue weighted by Gasteiger charge is -2.23. The number of carbonyl (C=O) groups excluding carboxylic acids is 1. The van der Waals surface area contributed by atoms with E-state index in [0.29, 0.717) is 19.0 Å². The molecule has 0 aliphatic rings. The number of hydrogen-bond donors (Lipinski definition) is 2. The molecule has 108 valence electrons. The molecule has 0 saturated carbocycles. The minimum absolute atomic E-state index is 0.0356. The molecular weight excluding hydrogens is 240 g/mol. The fourth-order valence-electron chi connectivity index (χ4n) is 1.88. The number of hydrogen-bond acceptors (Lipinski definition) is 3. The smallest absolute Gasteiger partial charge is 0.224 e. The summed E-state index contributed by atoms with van der Waals surface area (Å²) in [6.07, 6.45) is 5.83. The van der Waals surface area contributed by atoms with Gasteiger partial charge in [0.05, 0.1) is 11.9 Å². The summed E-state index contributed by atoms with van der Waals surface area (Å²) in [5.41, 5.74) is 6.44. The van der Waals surface area contributed by atoms with Gasteiger partial charge in [0.25, 0.3) is 0 Å². The molecule has 1 aromatic heterocycles. The fourth-order valence-corrected chi connectivity index (χ4v) is 1.88. The Morgan fingerprint density at radius 1 is 1.47 bits per heavy atom. The number of rotatable bonds is 7. The van der Waals surface area contributed by atoms with Gasteiger partial charge in [-0.2, -0.15) is 5.10 Å². The van der Waals surface area contributed by atoms with E-state index in [1.54, 1.807) is 6.20 Å².